The van der Waals surface area contributed by atoms with Crippen molar-refractivity contribution in [2.75, 3.05) is 6.73 Å². The highest BCUT2D eigenvalue weighted by Crippen LogP contribution is 2.27. The molecule has 0 bridgehead atoms. The van der Waals surface area contributed by atoms with Crippen LogP contribution in [0.5, 0.6) is 5.75 Å². The lowest BCUT2D eigenvalue weighted by Crippen LogP contribution is -2.22. The standard InChI is InChI=1S/C15H12F2NO/c1-10-4-2-5-11-8-18(9-19-15(10)11)13-7-3-6-12(16)14(13)17/h2-8H,9H2,1H3/q+1. The van der Waals surface area contributed by atoms with Gasteiger partial charge in [-0.25, -0.2) is 4.39 Å². The molecule has 0 amide bonds. The molecule has 4 heteroatoms. The molecular formula is C15H12F2NO+. The van der Waals surface area contributed by atoms with Crippen LogP contribution in [0.4, 0.5) is 14.5 Å². The maximum absolute atomic E-state index is 13.7. The Bertz CT molecular complexity index is 680. The predicted octanol–water partition coefficient (Wildman–Crippen LogP) is 3.39. The molecule has 0 N–H and O–H groups in total. The second kappa shape index (κ2) is 4.46. The first kappa shape index (κ1) is 11.8. The fourth-order valence-corrected chi connectivity index (χ4v) is 2.17. The third-order valence-electron chi connectivity index (χ3n) is 3.13. The number of aryl methyl sites for hydroxylation is 1. The van der Waals surface area contributed by atoms with Crippen LogP contribution in [0.15, 0.2) is 36.4 Å². The van der Waals surface area contributed by atoms with Crippen molar-refractivity contribution in [3.8, 4) is 5.75 Å². The molecule has 2 nitrogen and oxygen atoms in total. The summed E-state index contributed by atoms with van der Waals surface area (Å²) in [4.78, 5) is 0. The van der Waals surface area contributed by atoms with E-state index < -0.39 is 11.6 Å². The summed E-state index contributed by atoms with van der Waals surface area (Å²) in [7, 11) is 0. The van der Waals surface area contributed by atoms with Gasteiger partial charge in [-0.05, 0) is 24.6 Å². The summed E-state index contributed by atoms with van der Waals surface area (Å²) < 4.78 is 34.2. The summed E-state index contributed by atoms with van der Waals surface area (Å²) in [6.07, 6.45) is 1.77. The molecule has 0 aliphatic carbocycles. The van der Waals surface area contributed by atoms with Crippen LogP contribution in [0.25, 0.3) is 0 Å². The van der Waals surface area contributed by atoms with Crippen molar-refractivity contribution in [3.63, 3.8) is 0 Å². The van der Waals surface area contributed by atoms with Gasteiger partial charge in [0.15, 0.2) is 12.0 Å². The molecule has 0 saturated heterocycles. The molecule has 0 atom stereocenters. The maximum atomic E-state index is 13.7. The first-order valence-corrected chi connectivity index (χ1v) is 5.95. The van der Waals surface area contributed by atoms with E-state index in [9.17, 15) is 8.78 Å². The van der Waals surface area contributed by atoms with Crippen LogP contribution in [-0.4, -0.2) is 17.5 Å². The molecule has 2 aromatic carbocycles. The quantitative estimate of drug-likeness (QED) is 0.716. The molecule has 2 aromatic rings. The van der Waals surface area contributed by atoms with Crippen LogP contribution < -0.4 is 4.74 Å². The number of rotatable bonds is 1. The summed E-state index contributed by atoms with van der Waals surface area (Å²) in [5, 5.41) is 0. The van der Waals surface area contributed by atoms with Gasteiger partial charge in [0.1, 0.15) is 5.75 Å². The topological polar surface area (TPSA) is 12.2 Å². The molecular weight excluding hydrogens is 248 g/mol. The molecule has 1 aliphatic rings. The van der Waals surface area contributed by atoms with Crippen LogP contribution in [-0.2, 0) is 0 Å². The zero-order valence-corrected chi connectivity index (χ0v) is 10.4. The Morgan fingerprint density at radius 3 is 2.74 bits per heavy atom. The van der Waals surface area contributed by atoms with E-state index in [1.165, 1.54) is 12.1 Å². The lowest BCUT2D eigenvalue weighted by Gasteiger charge is -2.15. The van der Waals surface area contributed by atoms with Gasteiger partial charge in [-0.1, -0.05) is 18.2 Å². The molecule has 0 spiro atoms. The van der Waals surface area contributed by atoms with Gasteiger partial charge < -0.3 is 4.74 Å². The predicted molar refractivity (Wildman–Crippen MR) is 68.1 cm³/mol. The summed E-state index contributed by atoms with van der Waals surface area (Å²) in [5.41, 5.74) is 2.05. The third kappa shape index (κ3) is 1.99. The zero-order valence-electron chi connectivity index (χ0n) is 10.4. The van der Waals surface area contributed by atoms with Crippen LogP contribution in [0, 0.1) is 18.6 Å². The normalized spacial score (nSPS) is 13.5. The van der Waals surface area contributed by atoms with Gasteiger partial charge in [-0.15, -0.1) is 0 Å². The average Bonchev–Trinajstić information content (AvgIpc) is 2.42. The highest BCUT2D eigenvalue weighted by molar-refractivity contribution is 5.82. The van der Waals surface area contributed by atoms with E-state index >= 15 is 0 Å². The molecule has 3 rings (SSSR count). The third-order valence-corrected chi connectivity index (χ3v) is 3.13. The Morgan fingerprint density at radius 1 is 1.11 bits per heavy atom. The van der Waals surface area contributed by atoms with Crippen molar-refractivity contribution in [3.05, 3.63) is 59.2 Å². The van der Waals surface area contributed by atoms with Crippen LogP contribution >= 0.6 is 0 Å². The number of nitrogens with zero attached hydrogens (tertiary/aromatic N) is 1. The van der Waals surface area contributed by atoms with Crippen molar-refractivity contribution >= 4 is 11.9 Å². The Morgan fingerprint density at radius 2 is 1.89 bits per heavy atom. The minimum absolute atomic E-state index is 0.165. The zero-order chi connectivity index (χ0) is 13.4. The SMILES string of the molecule is Cc1cccc2c1OC[N+](c1cccc(F)c1F)=C2. The molecule has 0 fully saturated rings. The van der Waals surface area contributed by atoms with E-state index in [0.29, 0.717) is 0 Å². The Balaban J connectivity index is 2.11. The fraction of sp³-hybridized carbons (Fsp3) is 0.133. The van der Waals surface area contributed by atoms with Crippen molar-refractivity contribution < 1.29 is 18.1 Å². The minimum Gasteiger partial charge on any atom is -0.435 e. The summed E-state index contributed by atoms with van der Waals surface area (Å²) in [6, 6.07) is 9.84. The monoisotopic (exact) mass is 260 g/mol. The Labute approximate surface area is 109 Å². The highest BCUT2D eigenvalue weighted by Gasteiger charge is 2.24. The van der Waals surface area contributed by atoms with Crippen molar-refractivity contribution in [2.24, 2.45) is 0 Å². The van der Waals surface area contributed by atoms with E-state index in [1.54, 1.807) is 10.8 Å². The van der Waals surface area contributed by atoms with Gasteiger partial charge in [0.05, 0.1) is 5.56 Å². The smallest absolute Gasteiger partial charge is 0.292 e. The molecule has 1 aliphatic heterocycles. The fourth-order valence-electron chi connectivity index (χ4n) is 2.17. The van der Waals surface area contributed by atoms with E-state index in [0.717, 1.165) is 22.9 Å². The number of hydrogen-bond donors (Lipinski definition) is 0. The Kier molecular flexibility index (Phi) is 2.78. The first-order chi connectivity index (χ1) is 9.16. The van der Waals surface area contributed by atoms with Crippen LogP contribution in [0.2, 0.25) is 0 Å². The molecule has 0 unspecified atom stereocenters. The van der Waals surface area contributed by atoms with Crippen molar-refractivity contribution in [1.82, 2.24) is 0 Å². The van der Waals surface area contributed by atoms with Gasteiger partial charge in [-0.3, -0.25) is 0 Å². The van der Waals surface area contributed by atoms with Gasteiger partial charge in [0.2, 0.25) is 11.5 Å². The van der Waals surface area contributed by atoms with Gasteiger partial charge in [0.25, 0.3) is 6.73 Å². The second-order valence-electron chi connectivity index (χ2n) is 4.44. The lowest BCUT2D eigenvalue weighted by molar-refractivity contribution is -0.478. The molecule has 19 heavy (non-hydrogen) atoms. The van der Waals surface area contributed by atoms with Crippen molar-refractivity contribution in [2.45, 2.75) is 6.92 Å². The van der Waals surface area contributed by atoms with E-state index in [4.69, 9.17) is 4.74 Å². The highest BCUT2D eigenvalue weighted by atomic mass is 19.2. The molecule has 0 aromatic heterocycles. The molecule has 1 heterocycles. The van der Waals surface area contributed by atoms with E-state index in [2.05, 4.69) is 0 Å². The maximum Gasteiger partial charge on any atom is 0.292 e. The van der Waals surface area contributed by atoms with Gasteiger partial charge >= 0.3 is 0 Å². The van der Waals surface area contributed by atoms with Crippen LogP contribution in [0.3, 0.4) is 0 Å². The Hall–Kier alpha value is -2.23. The van der Waals surface area contributed by atoms with Crippen molar-refractivity contribution in [1.29, 1.82) is 0 Å². The summed E-state index contributed by atoms with van der Waals surface area (Å²) >= 11 is 0. The number of hydrogen-bond acceptors (Lipinski definition) is 1. The number of benzene rings is 2. The minimum atomic E-state index is -0.863. The summed E-state index contributed by atoms with van der Waals surface area (Å²) in [6.45, 7) is 2.11. The van der Waals surface area contributed by atoms with E-state index in [-0.39, 0.29) is 12.4 Å². The van der Waals surface area contributed by atoms with Gasteiger partial charge in [-0.2, -0.15) is 8.97 Å². The summed E-state index contributed by atoms with van der Waals surface area (Å²) in [5.74, 6) is -0.935. The first-order valence-electron chi connectivity index (χ1n) is 5.95. The molecule has 96 valence electrons. The van der Waals surface area contributed by atoms with Crippen LogP contribution in [0.1, 0.15) is 11.1 Å². The number of para-hydroxylation sites is 1. The molecule has 0 radical (unpaired) electrons. The number of ether oxygens (including phenoxy) is 1. The molecule has 0 saturated carbocycles. The average molecular weight is 260 g/mol. The van der Waals surface area contributed by atoms with E-state index in [1.807, 2.05) is 25.1 Å². The lowest BCUT2D eigenvalue weighted by atomic mass is 10.1. The number of halogens is 2. The number of fused-ring (bicyclic) bond motifs is 1. The van der Waals surface area contributed by atoms with Gasteiger partial charge in [0, 0.05) is 6.07 Å². The second-order valence-corrected chi connectivity index (χ2v) is 4.44. The largest absolute Gasteiger partial charge is 0.435 e.